The van der Waals surface area contributed by atoms with Crippen LogP contribution in [0.3, 0.4) is 0 Å². The fourth-order valence-corrected chi connectivity index (χ4v) is 4.30. The summed E-state index contributed by atoms with van der Waals surface area (Å²) in [7, 11) is 0. The number of hydrogen-bond acceptors (Lipinski definition) is 2. The number of aromatic hydroxyl groups is 1. The van der Waals surface area contributed by atoms with E-state index in [9.17, 15) is 5.11 Å². The molecule has 2 aromatic carbocycles. The molecular formula is C15H15O2S+. The van der Waals surface area contributed by atoms with Gasteiger partial charge in [0.15, 0.2) is 11.4 Å². The first-order valence-electron chi connectivity index (χ1n) is 5.91. The number of fused-ring (bicyclic) bond motifs is 1. The van der Waals surface area contributed by atoms with E-state index < -0.39 is 11.2 Å². The van der Waals surface area contributed by atoms with Gasteiger partial charge in [0.05, 0.1) is 0 Å². The monoisotopic (exact) mass is 259 g/mol. The van der Waals surface area contributed by atoms with Crippen molar-refractivity contribution in [1.82, 2.24) is 0 Å². The Kier molecular flexibility index (Phi) is 2.61. The van der Waals surface area contributed by atoms with E-state index in [1.165, 1.54) is 10.5 Å². The standard InChI is InChI=1S/C15H14O2S/c1-15(2)11-7-3-5-9-13(11)18(17-15)14-10-6-4-8-12(14)16/h3-10H,1-2H3/p+1. The molecule has 0 bridgehead atoms. The van der Waals surface area contributed by atoms with Crippen LogP contribution >= 0.6 is 0 Å². The zero-order chi connectivity index (χ0) is 12.8. The maximum absolute atomic E-state index is 9.99. The smallest absolute Gasteiger partial charge is 0.237 e. The Morgan fingerprint density at radius 3 is 2.28 bits per heavy atom. The van der Waals surface area contributed by atoms with Gasteiger partial charge in [-0.15, -0.1) is 0 Å². The van der Waals surface area contributed by atoms with Crippen LogP contribution in [0, 0.1) is 0 Å². The van der Waals surface area contributed by atoms with Gasteiger partial charge in [-0.25, -0.2) is 0 Å². The number of benzene rings is 2. The van der Waals surface area contributed by atoms with Gasteiger partial charge in [-0.05, 0) is 26.0 Å². The van der Waals surface area contributed by atoms with Gasteiger partial charge in [0.2, 0.25) is 21.0 Å². The molecule has 0 fully saturated rings. The molecule has 1 aliphatic rings. The van der Waals surface area contributed by atoms with E-state index in [4.69, 9.17) is 4.18 Å². The molecule has 1 heterocycles. The second-order valence-corrected chi connectivity index (χ2v) is 6.41. The van der Waals surface area contributed by atoms with Crippen LogP contribution in [-0.2, 0) is 21.0 Å². The predicted octanol–water partition coefficient (Wildman–Crippen LogP) is 3.61. The third-order valence-electron chi connectivity index (χ3n) is 3.09. The summed E-state index contributed by atoms with van der Waals surface area (Å²) in [4.78, 5) is 2.03. The summed E-state index contributed by atoms with van der Waals surface area (Å²) in [6.07, 6.45) is 0. The molecule has 3 heteroatoms. The van der Waals surface area contributed by atoms with Gasteiger partial charge in [-0.1, -0.05) is 30.3 Å². The molecule has 0 saturated heterocycles. The van der Waals surface area contributed by atoms with Crippen LogP contribution in [0.4, 0.5) is 0 Å². The minimum absolute atomic E-state index is 0.299. The maximum Gasteiger partial charge on any atom is 0.237 e. The van der Waals surface area contributed by atoms with Crippen molar-refractivity contribution in [2.75, 3.05) is 0 Å². The highest BCUT2D eigenvalue weighted by Crippen LogP contribution is 2.46. The lowest BCUT2D eigenvalue weighted by atomic mass is 9.99. The number of phenols is 1. The average molecular weight is 259 g/mol. The number of rotatable bonds is 1. The number of hydrogen-bond donors (Lipinski definition) is 1. The zero-order valence-electron chi connectivity index (χ0n) is 10.4. The van der Waals surface area contributed by atoms with Crippen LogP contribution in [0.25, 0.3) is 0 Å². The van der Waals surface area contributed by atoms with E-state index in [0.717, 1.165) is 4.90 Å². The third-order valence-corrected chi connectivity index (χ3v) is 5.18. The van der Waals surface area contributed by atoms with Gasteiger partial charge in [-0.3, -0.25) is 0 Å². The minimum Gasteiger partial charge on any atom is -0.503 e. The molecule has 2 aromatic rings. The second kappa shape index (κ2) is 4.04. The highest BCUT2D eigenvalue weighted by molar-refractivity contribution is 7.92. The molecule has 0 aromatic heterocycles. The average Bonchev–Trinajstić information content (AvgIpc) is 2.63. The lowest BCUT2D eigenvalue weighted by Gasteiger charge is -2.11. The van der Waals surface area contributed by atoms with Crippen LogP contribution in [0.5, 0.6) is 5.75 Å². The summed E-state index contributed by atoms with van der Waals surface area (Å²) < 4.78 is 6.15. The van der Waals surface area contributed by atoms with Crippen LogP contribution in [-0.4, -0.2) is 5.11 Å². The zero-order valence-corrected chi connectivity index (χ0v) is 11.2. The van der Waals surface area contributed by atoms with Gasteiger partial charge in [-0.2, -0.15) is 4.18 Å². The van der Waals surface area contributed by atoms with Crippen LogP contribution in [0.1, 0.15) is 19.4 Å². The Morgan fingerprint density at radius 2 is 1.56 bits per heavy atom. The summed E-state index contributed by atoms with van der Waals surface area (Å²) in [6.45, 7) is 4.14. The van der Waals surface area contributed by atoms with Crippen molar-refractivity contribution >= 4 is 11.2 Å². The van der Waals surface area contributed by atoms with E-state index in [1.54, 1.807) is 6.07 Å². The van der Waals surface area contributed by atoms with Gasteiger partial charge in [0.25, 0.3) is 0 Å². The largest absolute Gasteiger partial charge is 0.503 e. The Bertz CT molecular complexity index is 593. The molecule has 0 saturated carbocycles. The summed E-state index contributed by atoms with van der Waals surface area (Å²) in [5, 5.41) is 9.99. The molecule has 3 rings (SSSR count). The Hall–Kier alpha value is -1.45. The lowest BCUT2D eigenvalue weighted by Crippen LogP contribution is -2.16. The molecule has 92 valence electrons. The van der Waals surface area contributed by atoms with Gasteiger partial charge < -0.3 is 5.11 Å². The first-order valence-corrected chi connectivity index (χ1v) is 7.06. The van der Waals surface area contributed by atoms with E-state index in [1.807, 2.05) is 30.3 Å². The fourth-order valence-electron chi connectivity index (χ4n) is 2.20. The van der Waals surface area contributed by atoms with Crippen molar-refractivity contribution in [3.05, 3.63) is 54.1 Å². The van der Waals surface area contributed by atoms with E-state index >= 15 is 0 Å². The minimum atomic E-state index is -0.497. The van der Waals surface area contributed by atoms with Crippen LogP contribution < -0.4 is 0 Å². The number of phenolic OH excluding ortho intramolecular Hbond substituents is 1. The molecule has 18 heavy (non-hydrogen) atoms. The fraction of sp³-hybridized carbons (Fsp3) is 0.200. The van der Waals surface area contributed by atoms with Crippen molar-refractivity contribution < 1.29 is 9.29 Å². The van der Waals surface area contributed by atoms with E-state index in [2.05, 4.69) is 26.0 Å². The van der Waals surface area contributed by atoms with Gasteiger partial charge in [0, 0.05) is 11.6 Å². The van der Waals surface area contributed by atoms with E-state index in [0.29, 0.717) is 5.75 Å². The first kappa shape index (κ1) is 11.6. The van der Waals surface area contributed by atoms with Crippen molar-refractivity contribution in [2.45, 2.75) is 29.2 Å². The Balaban J connectivity index is 2.15. The summed E-state index contributed by atoms with van der Waals surface area (Å²) in [6, 6.07) is 15.6. The van der Waals surface area contributed by atoms with E-state index in [-0.39, 0.29) is 5.60 Å². The molecule has 1 unspecified atom stereocenters. The quantitative estimate of drug-likeness (QED) is 0.793. The van der Waals surface area contributed by atoms with Crippen LogP contribution in [0.2, 0.25) is 0 Å². The molecule has 0 aliphatic carbocycles. The Morgan fingerprint density at radius 1 is 0.944 bits per heavy atom. The molecule has 0 spiro atoms. The summed E-state index contributed by atoms with van der Waals surface area (Å²) in [5.74, 6) is 0.299. The third kappa shape index (κ3) is 1.71. The van der Waals surface area contributed by atoms with Gasteiger partial charge >= 0.3 is 0 Å². The van der Waals surface area contributed by atoms with Crippen molar-refractivity contribution in [3.8, 4) is 5.75 Å². The molecule has 0 amide bonds. The maximum atomic E-state index is 9.99. The van der Waals surface area contributed by atoms with Crippen molar-refractivity contribution in [3.63, 3.8) is 0 Å². The lowest BCUT2D eigenvalue weighted by molar-refractivity contribution is 0.145. The van der Waals surface area contributed by atoms with Crippen molar-refractivity contribution in [2.24, 2.45) is 0 Å². The highest BCUT2D eigenvalue weighted by atomic mass is 32.2. The van der Waals surface area contributed by atoms with Gasteiger partial charge in [0.1, 0.15) is 0 Å². The highest BCUT2D eigenvalue weighted by Gasteiger charge is 2.49. The normalized spacial score (nSPS) is 20.7. The Labute approximate surface area is 110 Å². The molecule has 0 radical (unpaired) electrons. The SMILES string of the molecule is CC1(C)O[S+](c2ccccc2O)c2ccccc21. The molecule has 1 atom stereocenters. The summed E-state index contributed by atoms with van der Waals surface area (Å²) >= 11 is -0.497. The van der Waals surface area contributed by atoms with Crippen LogP contribution in [0.15, 0.2) is 58.3 Å². The first-order chi connectivity index (χ1) is 8.59. The topological polar surface area (TPSA) is 29.5 Å². The summed E-state index contributed by atoms with van der Waals surface area (Å²) in [5.41, 5.74) is 0.902. The molecule has 1 aliphatic heterocycles. The second-order valence-electron chi connectivity index (χ2n) is 4.83. The van der Waals surface area contributed by atoms with Crippen molar-refractivity contribution in [1.29, 1.82) is 0 Å². The molecule has 2 nitrogen and oxygen atoms in total. The molecular weight excluding hydrogens is 244 g/mol. The predicted molar refractivity (Wildman–Crippen MR) is 72.6 cm³/mol. The molecule has 1 N–H and O–H groups in total. The number of para-hydroxylation sites is 1.